The van der Waals surface area contributed by atoms with Crippen LogP contribution >= 0.6 is 13.5 Å². The maximum Gasteiger partial charge on any atom is 0.0786 e. The van der Waals surface area contributed by atoms with E-state index in [9.17, 15) is 0 Å². The van der Waals surface area contributed by atoms with E-state index in [0.29, 0.717) is 0 Å². The van der Waals surface area contributed by atoms with Gasteiger partial charge in [-0.15, -0.1) is 0 Å². The van der Waals surface area contributed by atoms with Gasteiger partial charge < -0.3 is 9.96 Å². The average molecular weight is 295 g/mol. The van der Waals surface area contributed by atoms with E-state index >= 15 is 0 Å². The van der Waals surface area contributed by atoms with E-state index in [2.05, 4.69) is 27.7 Å². The van der Waals surface area contributed by atoms with Crippen LogP contribution in [0.2, 0.25) is 0 Å². The predicted octanol–water partition coefficient (Wildman–Crippen LogP) is 4.29. The average Bonchev–Trinajstić information content (AvgIpc) is 2.37. The summed E-state index contributed by atoms with van der Waals surface area (Å²) < 4.78 is 1.42. The molecule has 0 heterocycles. The van der Waals surface area contributed by atoms with Crippen molar-refractivity contribution in [3.63, 3.8) is 0 Å². The van der Waals surface area contributed by atoms with Crippen molar-refractivity contribution >= 4 is 13.5 Å². The summed E-state index contributed by atoms with van der Waals surface area (Å²) in [5.41, 5.74) is 0. The third-order valence-corrected chi connectivity index (χ3v) is 3.94. The third kappa shape index (κ3) is 11.8. The third-order valence-electron chi connectivity index (χ3n) is 3.94. The summed E-state index contributed by atoms with van der Waals surface area (Å²) >= 11 is 0. The highest BCUT2D eigenvalue weighted by atomic mass is 32.1. The minimum Gasteiger partial charge on any atom is -0.412 e. The van der Waals surface area contributed by atoms with Crippen LogP contribution in [0.5, 0.6) is 0 Å². The molecule has 0 aliphatic heterocycles. The first kappa shape index (κ1) is 24.3. The molecule has 0 amide bonds. The second kappa shape index (κ2) is 16.3. The van der Waals surface area contributed by atoms with Crippen LogP contribution in [0.3, 0.4) is 0 Å². The van der Waals surface area contributed by atoms with Gasteiger partial charge in [-0.3, -0.25) is 0 Å². The molecule has 2 nitrogen and oxygen atoms in total. The molecule has 0 aromatic carbocycles. The summed E-state index contributed by atoms with van der Waals surface area (Å²) in [6.45, 7) is 15.0. The van der Waals surface area contributed by atoms with Gasteiger partial charge in [0.2, 0.25) is 0 Å². The summed E-state index contributed by atoms with van der Waals surface area (Å²) in [5, 5.41) is 0. The van der Waals surface area contributed by atoms with Crippen LogP contribution in [0, 0.1) is 0 Å². The first-order valence-electron chi connectivity index (χ1n) is 8.09. The maximum absolute atomic E-state index is 2.33. The standard InChI is InChI=1S/C16H36N.H2O.H2S/c1-5-9-13-17(14-10-6-2,15-11-7-3)16-12-8-4;;/h5-16H2,1-4H3;2*1H2/q+1;;. The van der Waals surface area contributed by atoms with E-state index in [1.54, 1.807) is 0 Å². The van der Waals surface area contributed by atoms with E-state index in [-0.39, 0.29) is 19.0 Å². The molecule has 0 atom stereocenters. The zero-order valence-electron chi connectivity index (χ0n) is 13.9. The van der Waals surface area contributed by atoms with Gasteiger partial charge in [-0.05, 0) is 25.7 Å². The van der Waals surface area contributed by atoms with Gasteiger partial charge in [-0.2, -0.15) is 13.5 Å². The SMILES string of the molecule is CCCC[N+](CCCC)(CCCC)CCCC.O.S. The molecule has 0 bridgehead atoms. The van der Waals surface area contributed by atoms with Crippen LogP contribution in [-0.4, -0.2) is 36.1 Å². The van der Waals surface area contributed by atoms with Crippen LogP contribution < -0.4 is 0 Å². The molecule has 0 saturated carbocycles. The van der Waals surface area contributed by atoms with Gasteiger partial charge in [-0.25, -0.2) is 0 Å². The quantitative estimate of drug-likeness (QED) is 0.481. The highest BCUT2D eigenvalue weighted by Crippen LogP contribution is 2.16. The Kier molecular flexibility index (Phi) is 20.9. The molecule has 19 heavy (non-hydrogen) atoms. The molecule has 3 heteroatoms. The van der Waals surface area contributed by atoms with Gasteiger partial charge in [0.1, 0.15) is 0 Å². The lowest BCUT2D eigenvalue weighted by molar-refractivity contribution is -0.929. The number of nitrogens with zero attached hydrogens (tertiary/aromatic N) is 1. The van der Waals surface area contributed by atoms with Crippen molar-refractivity contribution in [2.75, 3.05) is 26.2 Å². The van der Waals surface area contributed by atoms with Crippen LogP contribution in [0.1, 0.15) is 79.1 Å². The molecule has 0 radical (unpaired) electrons. The number of hydrogen-bond acceptors (Lipinski definition) is 0. The van der Waals surface area contributed by atoms with Crippen LogP contribution in [0.25, 0.3) is 0 Å². The Labute approximate surface area is 129 Å². The van der Waals surface area contributed by atoms with Gasteiger partial charge in [0.15, 0.2) is 0 Å². The van der Waals surface area contributed by atoms with Crippen molar-refractivity contribution in [1.82, 2.24) is 0 Å². The molecule has 0 aliphatic carbocycles. The van der Waals surface area contributed by atoms with Crippen molar-refractivity contribution < 1.29 is 9.96 Å². The Morgan fingerprint density at radius 1 is 0.526 bits per heavy atom. The van der Waals surface area contributed by atoms with Gasteiger partial charge >= 0.3 is 0 Å². The van der Waals surface area contributed by atoms with Gasteiger partial charge in [0.25, 0.3) is 0 Å². The Morgan fingerprint density at radius 3 is 0.895 bits per heavy atom. The highest BCUT2D eigenvalue weighted by molar-refractivity contribution is 7.59. The maximum atomic E-state index is 2.33. The van der Waals surface area contributed by atoms with Crippen LogP contribution in [0.15, 0.2) is 0 Å². The molecule has 2 N–H and O–H groups in total. The zero-order chi connectivity index (χ0) is 13.0. The summed E-state index contributed by atoms with van der Waals surface area (Å²) in [6.07, 6.45) is 11.1. The fraction of sp³-hybridized carbons (Fsp3) is 1.00. The van der Waals surface area contributed by atoms with E-state index in [0.717, 1.165) is 0 Å². The summed E-state index contributed by atoms with van der Waals surface area (Å²) in [7, 11) is 0. The molecular weight excluding hydrogens is 254 g/mol. The molecule has 120 valence electrons. The fourth-order valence-electron chi connectivity index (χ4n) is 2.64. The Morgan fingerprint density at radius 2 is 0.737 bits per heavy atom. The van der Waals surface area contributed by atoms with Gasteiger partial charge in [0, 0.05) is 0 Å². The van der Waals surface area contributed by atoms with Crippen molar-refractivity contribution in [3.05, 3.63) is 0 Å². The summed E-state index contributed by atoms with van der Waals surface area (Å²) in [5.74, 6) is 0. The first-order valence-corrected chi connectivity index (χ1v) is 8.09. The second-order valence-corrected chi connectivity index (χ2v) is 5.65. The number of unbranched alkanes of at least 4 members (excludes halogenated alkanes) is 4. The van der Waals surface area contributed by atoms with Crippen molar-refractivity contribution in [1.29, 1.82) is 0 Å². The summed E-state index contributed by atoms with van der Waals surface area (Å²) in [4.78, 5) is 0. The molecule has 0 saturated heterocycles. The van der Waals surface area contributed by atoms with Gasteiger partial charge in [0.05, 0.1) is 26.2 Å². The molecule has 0 aromatic heterocycles. The van der Waals surface area contributed by atoms with Crippen LogP contribution in [0.4, 0.5) is 0 Å². The molecule has 0 unspecified atom stereocenters. The molecule has 0 spiro atoms. The lowest BCUT2D eigenvalue weighted by Gasteiger charge is -2.39. The monoisotopic (exact) mass is 294 g/mol. The van der Waals surface area contributed by atoms with Crippen molar-refractivity contribution in [2.24, 2.45) is 0 Å². The van der Waals surface area contributed by atoms with E-state index in [1.807, 2.05) is 0 Å². The molecule has 0 rings (SSSR count). The Hall–Kier alpha value is 0.270. The Balaban J connectivity index is -0.00000128. The van der Waals surface area contributed by atoms with Crippen molar-refractivity contribution in [2.45, 2.75) is 79.1 Å². The van der Waals surface area contributed by atoms with Crippen LogP contribution in [-0.2, 0) is 0 Å². The zero-order valence-corrected chi connectivity index (χ0v) is 14.9. The summed E-state index contributed by atoms with van der Waals surface area (Å²) in [6, 6.07) is 0. The van der Waals surface area contributed by atoms with Gasteiger partial charge in [-0.1, -0.05) is 53.4 Å². The first-order chi connectivity index (χ1) is 8.24. The number of quaternary nitrogens is 1. The lowest BCUT2D eigenvalue weighted by atomic mass is 10.1. The smallest absolute Gasteiger partial charge is 0.0786 e. The Bertz CT molecular complexity index is 127. The predicted molar refractivity (Wildman–Crippen MR) is 93.4 cm³/mol. The highest BCUT2D eigenvalue weighted by Gasteiger charge is 2.24. The largest absolute Gasteiger partial charge is 0.412 e. The molecule has 0 aliphatic rings. The van der Waals surface area contributed by atoms with Crippen molar-refractivity contribution in [3.8, 4) is 0 Å². The molecule has 0 fully saturated rings. The minimum absolute atomic E-state index is 0. The number of rotatable bonds is 12. The van der Waals surface area contributed by atoms with E-state index in [4.69, 9.17) is 0 Å². The van der Waals surface area contributed by atoms with E-state index in [1.165, 1.54) is 82.0 Å². The molecular formula is C16H40NOS+. The topological polar surface area (TPSA) is 31.5 Å². The number of hydrogen-bond donors (Lipinski definition) is 0. The minimum atomic E-state index is 0. The van der Waals surface area contributed by atoms with E-state index < -0.39 is 0 Å². The normalized spacial score (nSPS) is 10.7. The fourth-order valence-corrected chi connectivity index (χ4v) is 2.64. The second-order valence-electron chi connectivity index (χ2n) is 5.65. The lowest BCUT2D eigenvalue weighted by Crippen LogP contribution is -2.50. The molecule has 0 aromatic rings.